The lowest BCUT2D eigenvalue weighted by molar-refractivity contribution is 0.202. The third-order valence-electron chi connectivity index (χ3n) is 2.94. The Balaban J connectivity index is 1.99. The van der Waals surface area contributed by atoms with Crippen LogP contribution in [0.2, 0.25) is 0 Å². The van der Waals surface area contributed by atoms with E-state index in [4.69, 9.17) is 4.42 Å². The first kappa shape index (κ1) is 12.5. The zero-order valence-corrected chi connectivity index (χ0v) is 10.8. The highest BCUT2D eigenvalue weighted by molar-refractivity contribution is 5.78. The molecular weight excluding hydrogens is 228 g/mol. The van der Waals surface area contributed by atoms with Gasteiger partial charge < -0.3 is 14.6 Å². The Morgan fingerprint density at radius 1 is 1.28 bits per heavy atom. The maximum Gasteiger partial charge on any atom is 0.317 e. The number of fused-ring (bicyclic) bond motifs is 1. The number of benzene rings is 1. The predicted octanol–water partition coefficient (Wildman–Crippen LogP) is 2.98. The van der Waals surface area contributed by atoms with Crippen molar-refractivity contribution in [2.75, 3.05) is 13.1 Å². The van der Waals surface area contributed by atoms with Crippen molar-refractivity contribution in [1.82, 2.24) is 10.2 Å². The molecule has 0 spiro atoms. The largest absolute Gasteiger partial charge is 0.459 e. The highest BCUT2D eigenvalue weighted by Gasteiger charge is 2.09. The van der Waals surface area contributed by atoms with Gasteiger partial charge in [0.2, 0.25) is 0 Å². The van der Waals surface area contributed by atoms with Gasteiger partial charge >= 0.3 is 6.03 Å². The minimum Gasteiger partial charge on any atom is -0.459 e. The second-order valence-electron chi connectivity index (χ2n) is 4.08. The normalized spacial score (nSPS) is 10.6. The van der Waals surface area contributed by atoms with E-state index in [-0.39, 0.29) is 6.03 Å². The summed E-state index contributed by atoms with van der Waals surface area (Å²) in [4.78, 5) is 13.5. The fraction of sp³-hybridized carbons (Fsp3) is 0.357. The van der Waals surface area contributed by atoms with Crippen LogP contribution in [0.15, 0.2) is 34.7 Å². The Bertz CT molecular complexity index is 496. The number of para-hydroxylation sites is 1. The molecule has 0 saturated carbocycles. The Kier molecular flexibility index (Phi) is 3.87. The molecule has 0 unspecified atom stereocenters. The molecule has 1 N–H and O–H groups in total. The minimum atomic E-state index is -0.0551. The van der Waals surface area contributed by atoms with Gasteiger partial charge in [0.05, 0.1) is 6.54 Å². The van der Waals surface area contributed by atoms with Crippen LogP contribution < -0.4 is 5.32 Å². The van der Waals surface area contributed by atoms with E-state index in [2.05, 4.69) is 5.32 Å². The summed E-state index contributed by atoms with van der Waals surface area (Å²) in [5.41, 5.74) is 0.851. The number of carbonyl (C=O) groups excluding carboxylic acids is 1. The highest BCUT2D eigenvalue weighted by atomic mass is 16.3. The monoisotopic (exact) mass is 246 g/mol. The molecule has 1 aromatic heterocycles. The fourth-order valence-corrected chi connectivity index (χ4v) is 1.91. The van der Waals surface area contributed by atoms with Crippen molar-refractivity contribution in [2.24, 2.45) is 0 Å². The van der Waals surface area contributed by atoms with Gasteiger partial charge in [-0.2, -0.15) is 0 Å². The molecule has 0 radical (unpaired) electrons. The average molecular weight is 246 g/mol. The number of nitrogens with one attached hydrogen (secondary N) is 1. The van der Waals surface area contributed by atoms with Gasteiger partial charge in [-0.15, -0.1) is 0 Å². The van der Waals surface area contributed by atoms with Crippen molar-refractivity contribution >= 4 is 17.0 Å². The first-order valence-electron chi connectivity index (χ1n) is 6.24. The SMILES string of the molecule is CCN(CC)C(=O)NCc1cc2ccccc2o1. The molecule has 0 saturated heterocycles. The summed E-state index contributed by atoms with van der Waals surface area (Å²) in [6.07, 6.45) is 0. The molecule has 0 aliphatic rings. The van der Waals surface area contributed by atoms with E-state index in [0.717, 1.165) is 16.7 Å². The number of urea groups is 1. The third-order valence-corrected chi connectivity index (χ3v) is 2.94. The summed E-state index contributed by atoms with van der Waals surface area (Å²) >= 11 is 0. The zero-order valence-electron chi connectivity index (χ0n) is 10.8. The second kappa shape index (κ2) is 5.58. The second-order valence-corrected chi connectivity index (χ2v) is 4.08. The van der Waals surface area contributed by atoms with E-state index in [0.29, 0.717) is 19.6 Å². The van der Waals surface area contributed by atoms with E-state index in [9.17, 15) is 4.79 Å². The van der Waals surface area contributed by atoms with Gasteiger partial charge in [0, 0.05) is 18.5 Å². The van der Waals surface area contributed by atoms with Gasteiger partial charge in [0.15, 0.2) is 0 Å². The van der Waals surface area contributed by atoms with Crippen molar-refractivity contribution in [3.05, 3.63) is 36.1 Å². The smallest absolute Gasteiger partial charge is 0.317 e. The first-order valence-corrected chi connectivity index (χ1v) is 6.24. The van der Waals surface area contributed by atoms with Crippen LogP contribution in [0.3, 0.4) is 0 Å². The summed E-state index contributed by atoms with van der Waals surface area (Å²) in [6, 6.07) is 9.72. The summed E-state index contributed by atoms with van der Waals surface area (Å²) < 4.78 is 5.63. The predicted molar refractivity (Wildman–Crippen MR) is 71.4 cm³/mol. The molecule has 2 rings (SSSR count). The molecular formula is C14H18N2O2. The van der Waals surface area contributed by atoms with Crippen LogP contribution in [0.5, 0.6) is 0 Å². The van der Waals surface area contributed by atoms with E-state index in [1.807, 2.05) is 44.2 Å². The fourth-order valence-electron chi connectivity index (χ4n) is 1.91. The van der Waals surface area contributed by atoms with Gasteiger partial charge in [-0.1, -0.05) is 18.2 Å². The van der Waals surface area contributed by atoms with Gasteiger partial charge in [-0.3, -0.25) is 0 Å². The molecule has 4 nitrogen and oxygen atoms in total. The van der Waals surface area contributed by atoms with Crippen LogP contribution in [0.4, 0.5) is 4.79 Å². The zero-order chi connectivity index (χ0) is 13.0. The van der Waals surface area contributed by atoms with Gasteiger partial charge in [0.1, 0.15) is 11.3 Å². The Morgan fingerprint density at radius 2 is 2.00 bits per heavy atom. The van der Waals surface area contributed by atoms with Crippen molar-refractivity contribution in [2.45, 2.75) is 20.4 Å². The molecule has 1 heterocycles. The lowest BCUT2D eigenvalue weighted by Gasteiger charge is -2.18. The number of carbonyl (C=O) groups is 1. The molecule has 0 aliphatic carbocycles. The topological polar surface area (TPSA) is 45.5 Å². The Hall–Kier alpha value is -1.97. The van der Waals surface area contributed by atoms with Crippen molar-refractivity contribution in [3.63, 3.8) is 0 Å². The van der Waals surface area contributed by atoms with Crippen molar-refractivity contribution in [1.29, 1.82) is 0 Å². The van der Waals surface area contributed by atoms with Gasteiger partial charge in [0.25, 0.3) is 0 Å². The summed E-state index contributed by atoms with van der Waals surface area (Å²) in [6.45, 7) is 5.77. The van der Waals surface area contributed by atoms with Crippen LogP contribution in [0, 0.1) is 0 Å². The lowest BCUT2D eigenvalue weighted by atomic mass is 10.2. The van der Waals surface area contributed by atoms with Crippen molar-refractivity contribution < 1.29 is 9.21 Å². The Labute approximate surface area is 107 Å². The lowest BCUT2D eigenvalue weighted by Crippen LogP contribution is -2.39. The summed E-state index contributed by atoms with van der Waals surface area (Å²) in [5.74, 6) is 0.775. The maximum atomic E-state index is 11.8. The van der Waals surface area contributed by atoms with Crippen LogP contribution in [0.25, 0.3) is 11.0 Å². The highest BCUT2D eigenvalue weighted by Crippen LogP contribution is 2.18. The molecule has 0 atom stereocenters. The number of nitrogens with zero attached hydrogens (tertiary/aromatic N) is 1. The number of amides is 2. The van der Waals surface area contributed by atoms with Gasteiger partial charge in [-0.05, 0) is 26.0 Å². The van der Waals surface area contributed by atoms with Crippen LogP contribution in [0.1, 0.15) is 19.6 Å². The van der Waals surface area contributed by atoms with E-state index >= 15 is 0 Å². The average Bonchev–Trinajstić information content (AvgIpc) is 2.80. The molecule has 4 heteroatoms. The van der Waals surface area contributed by atoms with Crippen LogP contribution >= 0.6 is 0 Å². The first-order chi connectivity index (χ1) is 8.74. The van der Waals surface area contributed by atoms with E-state index < -0.39 is 0 Å². The van der Waals surface area contributed by atoms with Crippen LogP contribution in [-0.2, 0) is 6.54 Å². The quantitative estimate of drug-likeness (QED) is 0.901. The molecule has 0 bridgehead atoms. The summed E-state index contributed by atoms with van der Waals surface area (Å²) in [5, 5.41) is 3.91. The molecule has 2 amide bonds. The molecule has 0 aliphatic heterocycles. The van der Waals surface area contributed by atoms with E-state index in [1.54, 1.807) is 4.90 Å². The Morgan fingerprint density at radius 3 is 2.67 bits per heavy atom. The number of hydrogen-bond donors (Lipinski definition) is 1. The minimum absolute atomic E-state index is 0.0551. The summed E-state index contributed by atoms with van der Waals surface area (Å²) in [7, 11) is 0. The third kappa shape index (κ3) is 2.64. The molecule has 96 valence electrons. The van der Waals surface area contributed by atoms with Gasteiger partial charge in [-0.25, -0.2) is 4.79 Å². The number of furan rings is 1. The molecule has 2 aromatic rings. The van der Waals surface area contributed by atoms with Crippen molar-refractivity contribution in [3.8, 4) is 0 Å². The molecule has 18 heavy (non-hydrogen) atoms. The molecule has 1 aromatic carbocycles. The standard InChI is InChI=1S/C14H18N2O2/c1-3-16(4-2)14(17)15-10-12-9-11-7-5-6-8-13(11)18-12/h5-9H,3-4,10H2,1-2H3,(H,15,17). The molecule has 0 fully saturated rings. The number of rotatable bonds is 4. The van der Waals surface area contributed by atoms with Crippen LogP contribution in [-0.4, -0.2) is 24.0 Å². The maximum absolute atomic E-state index is 11.8. The van der Waals surface area contributed by atoms with E-state index in [1.165, 1.54) is 0 Å². The number of hydrogen-bond acceptors (Lipinski definition) is 2.